The zero-order valence-electron chi connectivity index (χ0n) is 11.0. The summed E-state index contributed by atoms with van der Waals surface area (Å²) in [5.41, 5.74) is 7.34. The summed E-state index contributed by atoms with van der Waals surface area (Å²) in [4.78, 5) is 0. The first-order valence-electron chi connectivity index (χ1n) is 6.30. The van der Waals surface area contributed by atoms with E-state index in [0.29, 0.717) is 12.6 Å². The molecule has 0 aliphatic heterocycles. The van der Waals surface area contributed by atoms with Crippen LogP contribution < -0.4 is 11.1 Å². The van der Waals surface area contributed by atoms with Gasteiger partial charge >= 0.3 is 0 Å². The average Bonchev–Trinajstić information content (AvgIpc) is 2.30. The maximum Gasteiger partial charge on any atom is 0.0829 e. The van der Waals surface area contributed by atoms with Gasteiger partial charge in [0.05, 0.1) is 12.3 Å². The van der Waals surface area contributed by atoms with Crippen molar-refractivity contribution in [1.29, 1.82) is 0 Å². The molecule has 0 fully saturated rings. The van der Waals surface area contributed by atoms with Gasteiger partial charge in [0.15, 0.2) is 0 Å². The van der Waals surface area contributed by atoms with Gasteiger partial charge in [-0.25, -0.2) is 0 Å². The Hall–Kier alpha value is -0.900. The van der Waals surface area contributed by atoms with E-state index in [-0.39, 0.29) is 12.3 Å². The molecule has 0 aliphatic rings. The minimum Gasteiger partial charge on any atom is -0.376 e. The van der Waals surface area contributed by atoms with Crippen molar-refractivity contribution in [3.8, 4) is 0 Å². The van der Waals surface area contributed by atoms with Gasteiger partial charge in [0.2, 0.25) is 0 Å². The molecule has 96 valence electrons. The molecule has 0 bridgehead atoms. The zero-order valence-corrected chi connectivity index (χ0v) is 11.0. The predicted molar refractivity (Wildman–Crippen MR) is 71.8 cm³/mol. The van der Waals surface area contributed by atoms with E-state index in [4.69, 9.17) is 10.5 Å². The van der Waals surface area contributed by atoms with Gasteiger partial charge in [-0.3, -0.25) is 5.32 Å². The molecular weight excluding hydrogens is 212 g/mol. The predicted octanol–water partition coefficient (Wildman–Crippen LogP) is 1.92. The van der Waals surface area contributed by atoms with Gasteiger partial charge in [-0.15, -0.1) is 0 Å². The van der Waals surface area contributed by atoms with Gasteiger partial charge in [0, 0.05) is 12.6 Å². The third-order valence-corrected chi connectivity index (χ3v) is 2.80. The molecule has 3 nitrogen and oxygen atoms in total. The van der Waals surface area contributed by atoms with Crippen LogP contribution in [0.1, 0.15) is 26.3 Å². The first-order chi connectivity index (χ1) is 8.13. The van der Waals surface area contributed by atoms with Crippen molar-refractivity contribution >= 4 is 0 Å². The second-order valence-electron chi connectivity index (χ2n) is 4.44. The normalized spacial score (nSPS) is 16.5. The smallest absolute Gasteiger partial charge is 0.0829 e. The van der Waals surface area contributed by atoms with Gasteiger partial charge in [0.25, 0.3) is 0 Å². The van der Waals surface area contributed by atoms with Gasteiger partial charge in [-0.1, -0.05) is 30.3 Å². The molecule has 3 N–H and O–H groups in total. The first-order valence-corrected chi connectivity index (χ1v) is 6.30. The van der Waals surface area contributed by atoms with E-state index in [2.05, 4.69) is 36.5 Å². The quantitative estimate of drug-likeness (QED) is 0.711. The molecule has 0 aromatic heterocycles. The Bertz CT molecular complexity index is 302. The third-order valence-electron chi connectivity index (χ3n) is 2.80. The lowest BCUT2D eigenvalue weighted by atomic mass is 10.1. The summed E-state index contributed by atoms with van der Waals surface area (Å²) in [6.45, 7) is 6.82. The van der Waals surface area contributed by atoms with Crippen molar-refractivity contribution < 1.29 is 4.74 Å². The summed E-state index contributed by atoms with van der Waals surface area (Å²) >= 11 is 0. The maximum absolute atomic E-state index is 6.02. The van der Waals surface area contributed by atoms with Crippen LogP contribution in [-0.2, 0) is 11.2 Å². The Morgan fingerprint density at radius 3 is 2.47 bits per heavy atom. The highest BCUT2D eigenvalue weighted by Crippen LogP contribution is 2.04. The number of nitrogens with two attached hydrogens (primary N) is 1. The van der Waals surface area contributed by atoms with Crippen LogP contribution in [0.15, 0.2) is 30.3 Å². The molecule has 0 amide bonds. The molecule has 3 atom stereocenters. The SMILES string of the molecule is CCOC(C)C(N)NC(C)Cc1ccccc1. The summed E-state index contributed by atoms with van der Waals surface area (Å²) in [5.74, 6) is 0. The minimum atomic E-state index is -0.117. The number of hydrogen-bond donors (Lipinski definition) is 2. The molecule has 1 aromatic carbocycles. The second kappa shape index (κ2) is 7.43. The van der Waals surface area contributed by atoms with Crippen molar-refractivity contribution in [3.05, 3.63) is 35.9 Å². The van der Waals surface area contributed by atoms with Crippen LogP contribution in [0.2, 0.25) is 0 Å². The summed E-state index contributed by atoms with van der Waals surface area (Å²) in [6, 6.07) is 10.8. The van der Waals surface area contributed by atoms with Crippen LogP contribution >= 0.6 is 0 Å². The molecule has 17 heavy (non-hydrogen) atoms. The molecule has 0 heterocycles. The highest BCUT2D eigenvalue weighted by molar-refractivity contribution is 5.15. The lowest BCUT2D eigenvalue weighted by molar-refractivity contribution is 0.0463. The number of benzene rings is 1. The van der Waals surface area contributed by atoms with Crippen molar-refractivity contribution in [2.45, 2.75) is 45.5 Å². The molecule has 0 aliphatic carbocycles. The monoisotopic (exact) mass is 236 g/mol. The fourth-order valence-corrected chi connectivity index (χ4v) is 1.86. The van der Waals surface area contributed by atoms with Gasteiger partial charge < -0.3 is 10.5 Å². The Balaban J connectivity index is 2.36. The molecule has 3 heteroatoms. The lowest BCUT2D eigenvalue weighted by Gasteiger charge is -2.25. The number of ether oxygens (including phenoxy) is 1. The highest BCUT2D eigenvalue weighted by atomic mass is 16.5. The van der Waals surface area contributed by atoms with Crippen LogP contribution in [0.25, 0.3) is 0 Å². The van der Waals surface area contributed by atoms with Crippen molar-refractivity contribution in [3.63, 3.8) is 0 Å². The van der Waals surface area contributed by atoms with E-state index in [9.17, 15) is 0 Å². The van der Waals surface area contributed by atoms with Gasteiger partial charge in [0.1, 0.15) is 0 Å². The summed E-state index contributed by atoms with van der Waals surface area (Å²) in [6.07, 6.45) is 0.903. The fraction of sp³-hybridized carbons (Fsp3) is 0.571. The molecule has 3 unspecified atom stereocenters. The zero-order chi connectivity index (χ0) is 12.7. The Morgan fingerprint density at radius 2 is 1.88 bits per heavy atom. The van der Waals surface area contributed by atoms with Crippen molar-refractivity contribution in [1.82, 2.24) is 5.32 Å². The topological polar surface area (TPSA) is 47.3 Å². The second-order valence-corrected chi connectivity index (χ2v) is 4.44. The minimum absolute atomic E-state index is 0.0400. The molecule has 0 saturated heterocycles. The number of rotatable bonds is 7. The summed E-state index contributed by atoms with van der Waals surface area (Å²) in [5, 5.41) is 3.37. The third kappa shape index (κ3) is 5.31. The molecule has 1 aromatic rings. The molecule has 0 spiro atoms. The van der Waals surface area contributed by atoms with E-state index in [0.717, 1.165) is 6.42 Å². The van der Waals surface area contributed by atoms with Crippen LogP contribution in [0.4, 0.5) is 0 Å². The van der Waals surface area contributed by atoms with Crippen molar-refractivity contribution in [2.75, 3.05) is 6.61 Å². The van der Waals surface area contributed by atoms with Crippen LogP contribution in [0.5, 0.6) is 0 Å². The number of nitrogens with one attached hydrogen (secondary N) is 1. The summed E-state index contributed by atoms with van der Waals surface area (Å²) < 4.78 is 5.47. The number of hydrogen-bond acceptors (Lipinski definition) is 3. The van der Waals surface area contributed by atoms with Crippen LogP contribution in [0.3, 0.4) is 0 Å². The van der Waals surface area contributed by atoms with Gasteiger partial charge in [-0.05, 0) is 32.8 Å². The standard InChI is InChI=1S/C14H24N2O/c1-4-17-12(3)14(15)16-11(2)10-13-8-6-5-7-9-13/h5-9,11-12,14,16H,4,10,15H2,1-3H3. The molecular formula is C14H24N2O. The molecule has 1 rings (SSSR count). The first kappa shape index (κ1) is 14.2. The van der Waals surface area contributed by atoms with Gasteiger partial charge in [-0.2, -0.15) is 0 Å². The van der Waals surface area contributed by atoms with E-state index in [1.165, 1.54) is 5.56 Å². The Kier molecular flexibility index (Phi) is 6.19. The Labute approximate surface area is 104 Å². The fourth-order valence-electron chi connectivity index (χ4n) is 1.86. The van der Waals surface area contributed by atoms with E-state index in [1.54, 1.807) is 0 Å². The Morgan fingerprint density at radius 1 is 1.24 bits per heavy atom. The molecule has 0 saturated carbocycles. The van der Waals surface area contributed by atoms with Crippen LogP contribution in [-0.4, -0.2) is 24.9 Å². The highest BCUT2D eigenvalue weighted by Gasteiger charge is 2.14. The summed E-state index contributed by atoms with van der Waals surface area (Å²) in [7, 11) is 0. The van der Waals surface area contributed by atoms with Crippen LogP contribution in [0, 0.1) is 0 Å². The van der Waals surface area contributed by atoms with E-state index >= 15 is 0 Å². The molecule has 0 radical (unpaired) electrons. The van der Waals surface area contributed by atoms with Crippen molar-refractivity contribution in [2.24, 2.45) is 5.73 Å². The van der Waals surface area contributed by atoms with E-state index in [1.807, 2.05) is 19.9 Å². The maximum atomic E-state index is 6.02. The largest absolute Gasteiger partial charge is 0.376 e. The van der Waals surface area contributed by atoms with E-state index < -0.39 is 0 Å². The average molecular weight is 236 g/mol. The lowest BCUT2D eigenvalue weighted by Crippen LogP contribution is -2.51.